The van der Waals surface area contributed by atoms with Gasteiger partial charge in [-0.2, -0.15) is 57.1 Å². The fourth-order valence-corrected chi connectivity index (χ4v) is 1.89. The van der Waals surface area contributed by atoms with E-state index in [-0.39, 0.29) is 12.2 Å². The zero-order chi connectivity index (χ0) is 25.4. The summed E-state index contributed by atoms with van der Waals surface area (Å²) < 4.78 is 175. The summed E-state index contributed by atoms with van der Waals surface area (Å²) in [5.74, 6) is -44.5. The molecule has 31 heavy (non-hydrogen) atoms. The van der Waals surface area contributed by atoms with Gasteiger partial charge in [-0.15, -0.1) is 0 Å². The number of alkyl halides is 13. The number of ether oxygens (including phenoxy) is 1. The number of carboxylic acid groups (broad SMARTS) is 1. The number of carbonyl (C=O) groups is 2. The Morgan fingerprint density at radius 1 is 0.710 bits per heavy atom. The molecule has 0 saturated heterocycles. The summed E-state index contributed by atoms with van der Waals surface area (Å²) in [6.07, 6.45) is -11.6. The Morgan fingerprint density at radius 2 is 1.10 bits per heavy atom. The molecule has 0 aromatic heterocycles. The van der Waals surface area contributed by atoms with E-state index >= 15 is 0 Å². The first-order valence-corrected chi connectivity index (χ1v) is 7.47. The van der Waals surface area contributed by atoms with E-state index in [2.05, 4.69) is 4.74 Å². The lowest BCUT2D eigenvalue weighted by molar-refractivity contribution is -0.445. The second-order valence-corrected chi connectivity index (χ2v) is 6.19. The van der Waals surface area contributed by atoms with Crippen molar-refractivity contribution in [1.29, 1.82) is 0 Å². The summed E-state index contributed by atoms with van der Waals surface area (Å²) >= 11 is 0. The van der Waals surface area contributed by atoms with Crippen molar-refractivity contribution in [2.24, 2.45) is 5.92 Å². The van der Waals surface area contributed by atoms with E-state index < -0.39 is 59.7 Å². The third-order valence-corrected chi connectivity index (χ3v) is 3.53. The monoisotopic (exact) mass is 490 g/mol. The van der Waals surface area contributed by atoms with Gasteiger partial charge in [-0.3, -0.25) is 0 Å². The van der Waals surface area contributed by atoms with Crippen molar-refractivity contribution in [3.8, 4) is 0 Å². The maximum atomic E-state index is 14.1. The van der Waals surface area contributed by atoms with E-state index in [1.54, 1.807) is 0 Å². The molecule has 0 radical (unpaired) electrons. The van der Waals surface area contributed by atoms with Crippen LogP contribution in [0.15, 0.2) is 12.2 Å². The predicted octanol–water partition coefficient (Wildman–Crippen LogP) is 4.93. The van der Waals surface area contributed by atoms with Gasteiger partial charge in [-0.1, -0.05) is 13.8 Å². The summed E-state index contributed by atoms with van der Waals surface area (Å²) in [6.45, 7) is 0.951. The minimum Gasteiger partial charge on any atom is -0.478 e. The lowest BCUT2D eigenvalue weighted by Crippen LogP contribution is -2.72. The smallest absolute Gasteiger partial charge is 0.460 e. The third kappa shape index (κ3) is 4.83. The van der Waals surface area contributed by atoms with Crippen LogP contribution in [0, 0.1) is 5.92 Å². The molecule has 1 unspecified atom stereocenters. The standard InChI is InChI=1S/C14H11F13O4/c1-5(2)8(31-7(30)4-3-6(28)29)9(15,16)10(17,18)11(19,20)12(21,22)13(23,24)14(25,26)27/h3-5,8H,1-2H3,(H,28,29)/b4-3+. The van der Waals surface area contributed by atoms with Gasteiger partial charge >= 0.3 is 47.7 Å². The molecule has 182 valence electrons. The van der Waals surface area contributed by atoms with Crippen molar-refractivity contribution < 1.29 is 76.5 Å². The maximum Gasteiger partial charge on any atom is 0.460 e. The van der Waals surface area contributed by atoms with Crippen molar-refractivity contribution in [2.75, 3.05) is 0 Å². The highest BCUT2D eigenvalue weighted by atomic mass is 19.4. The van der Waals surface area contributed by atoms with Crippen LogP contribution >= 0.6 is 0 Å². The van der Waals surface area contributed by atoms with Crippen LogP contribution in [0.4, 0.5) is 57.1 Å². The Balaban J connectivity index is 6.44. The molecule has 0 rings (SSSR count). The Bertz CT molecular complexity index is 709. The van der Waals surface area contributed by atoms with E-state index in [0.29, 0.717) is 13.8 Å². The minimum atomic E-state index is -8.08. The molecule has 1 N–H and O–H groups in total. The quantitative estimate of drug-likeness (QED) is 0.283. The van der Waals surface area contributed by atoms with Gasteiger partial charge in [-0.05, 0) is 5.92 Å². The van der Waals surface area contributed by atoms with Gasteiger partial charge in [0.2, 0.25) is 0 Å². The number of rotatable bonds is 9. The molecule has 0 fully saturated rings. The molecule has 0 aromatic carbocycles. The maximum absolute atomic E-state index is 14.1. The van der Waals surface area contributed by atoms with E-state index in [0.717, 1.165) is 0 Å². The SMILES string of the molecule is CC(C)C(OC(=O)/C=C/C(=O)O)C(F)(F)C(F)(F)C(F)(F)C(F)(F)C(F)(F)C(F)(F)F. The van der Waals surface area contributed by atoms with E-state index in [9.17, 15) is 66.7 Å². The summed E-state index contributed by atoms with van der Waals surface area (Å²) in [5.41, 5.74) is 0. The average molecular weight is 490 g/mol. The van der Waals surface area contributed by atoms with Gasteiger partial charge in [0, 0.05) is 12.2 Å². The molecule has 0 amide bonds. The normalized spacial score (nSPS) is 16.0. The lowest BCUT2D eigenvalue weighted by Gasteiger charge is -2.42. The number of hydrogen-bond acceptors (Lipinski definition) is 3. The van der Waals surface area contributed by atoms with Crippen molar-refractivity contribution in [2.45, 2.75) is 55.7 Å². The molecule has 4 nitrogen and oxygen atoms in total. The zero-order valence-electron chi connectivity index (χ0n) is 14.9. The summed E-state index contributed by atoms with van der Waals surface area (Å²) in [5, 5.41) is 8.22. The highest BCUT2D eigenvalue weighted by Crippen LogP contribution is 2.61. The highest BCUT2D eigenvalue weighted by Gasteiger charge is 2.91. The highest BCUT2D eigenvalue weighted by molar-refractivity contribution is 5.90. The molecular weight excluding hydrogens is 479 g/mol. The molecule has 1 atom stereocenters. The number of hydrogen-bond donors (Lipinski definition) is 1. The lowest BCUT2D eigenvalue weighted by atomic mass is 9.88. The minimum absolute atomic E-state index is 0.0946. The van der Waals surface area contributed by atoms with Crippen LogP contribution in [0.5, 0.6) is 0 Å². The van der Waals surface area contributed by atoms with Crippen molar-refractivity contribution in [1.82, 2.24) is 0 Å². The van der Waals surface area contributed by atoms with Crippen molar-refractivity contribution in [3.63, 3.8) is 0 Å². The fraction of sp³-hybridized carbons (Fsp3) is 0.714. The van der Waals surface area contributed by atoms with Gasteiger partial charge in [0.15, 0.2) is 6.10 Å². The van der Waals surface area contributed by atoms with E-state index in [4.69, 9.17) is 5.11 Å². The molecule has 17 heteroatoms. The Morgan fingerprint density at radius 3 is 1.42 bits per heavy atom. The molecule has 0 aliphatic carbocycles. The van der Waals surface area contributed by atoms with Crippen LogP contribution in [-0.2, 0) is 14.3 Å². The Kier molecular flexibility index (Phi) is 7.77. The van der Waals surface area contributed by atoms with Crippen LogP contribution < -0.4 is 0 Å². The molecule has 0 spiro atoms. The first-order chi connectivity index (χ1) is 13.4. The van der Waals surface area contributed by atoms with Crippen molar-refractivity contribution >= 4 is 11.9 Å². The first kappa shape index (κ1) is 28.8. The number of esters is 1. The van der Waals surface area contributed by atoms with Gasteiger partial charge < -0.3 is 9.84 Å². The van der Waals surface area contributed by atoms with E-state index in [1.807, 2.05) is 0 Å². The van der Waals surface area contributed by atoms with Crippen LogP contribution in [0.3, 0.4) is 0 Å². The number of aliphatic carboxylic acids is 1. The van der Waals surface area contributed by atoms with Gasteiger partial charge in [-0.25, -0.2) is 9.59 Å². The largest absolute Gasteiger partial charge is 0.478 e. The summed E-state index contributed by atoms with van der Waals surface area (Å²) in [6, 6.07) is 0. The topological polar surface area (TPSA) is 63.6 Å². The molecule has 0 heterocycles. The summed E-state index contributed by atoms with van der Waals surface area (Å²) in [4.78, 5) is 21.4. The average Bonchev–Trinajstić information content (AvgIpc) is 2.55. The van der Waals surface area contributed by atoms with Gasteiger partial charge in [0.1, 0.15) is 0 Å². The second-order valence-electron chi connectivity index (χ2n) is 6.19. The zero-order valence-corrected chi connectivity index (χ0v) is 14.9. The Hall–Kier alpha value is -2.23. The molecule has 0 aliphatic heterocycles. The van der Waals surface area contributed by atoms with Gasteiger partial charge in [0.05, 0.1) is 0 Å². The molecule has 0 aromatic rings. The molecular formula is C14H11F13O4. The molecule has 0 aliphatic rings. The second kappa shape index (κ2) is 8.37. The first-order valence-electron chi connectivity index (χ1n) is 7.47. The third-order valence-electron chi connectivity index (χ3n) is 3.53. The predicted molar refractivity (Wildman–Crippen MR) is 72.3 cm³/mol. The number of carboxylic acids is 1. The Labute approximate surface area is 163 Å². The molecule has 0 bridgehead atoms. The molecule has 0 saturated carbocycles. The van der Waals surface area contributed by atoms with Crippen LogP contribution in [0.25, 0.3) is 0 Å². The van der Waals surface area contributed by atoms with E-state index in [1.165, 1.54) is 0 Å². The van der Waals surface area contributed by atoms with Crippen LogP contribution in [-0.4, -0.2) is 58.9 Å². The fourth-order valence-electron chi connectivity index (χ4n) is 1.89. The van der Waals surface area contributed by atoms with Gasteiger partial charge in [0.25, 0.3) is 0 Å². The van der Waals surface area contributed by atoms with Crippen LogP contribution in [0.1, 0.15) is 13.8 Å². The number of halogens is 13. The van der Waals surface area contributed by atoms with Crippen LogP contribution in [0.2, 0.25) is 0 Å². The number of carbonyl (C=O) groups excluding carboxylic acids is 1. The van der Waals surface area contributed by atoms with Crippen molar-refractivity contribution in [3.05, 3.63) is 12.2 Å². The summed E-state index contributed by atoms with van der Waals surface area (Å²) in [7, 11) is 0.